The number of hydrogen-bond donors (Lipinski definition) is 1. The molecule has 27 heavy (non-hydrogen) atoms. The van der Waals surface area contributed by atoms with Crippen molar-refractivity contribution in [1.29, 1.82) is 0 Å². The number of carbonyl (C=O) groups excluding carboxylic acids is 2. The van der Waals surface area contributed by atoms with Crippen molar-refractivity contribution in [2.75, 3.05) is 24.5 Å². The molecule has 2 aromatic carbocycles. The Kier molecular flexibility index (Phi) is 6.12. The highest BCUT2D eigenvalue weighted by Crippen LogP contribution is 2.34. The molecule has 1 aliphatic heterocycles. The maximum absolute atomic E-state index is 13.1. The predicted octanol–water partition coefficient (Wildman–Crippen LogP) is 3.36. The van der Waals surface area contributed by atoms with Gasteiger partial charge in [0.05, 0.1) is 6.42 Å². The van der Waals surface area contributed by atoms with Crippen LogP contribution in [0.4, 0.5) is 14.5 Å². The second kappa shape index (κ2) is 8.72. The molecule has 6 nitrogen and oxygen atoms in total. The first-order valence-corrected chi connectivity index (χ1v) is 8.93. The fourth-order valence-corrected chi connectivity index (χ4v) is 3.06. The summed E-state index contributed by atoms with van der Waals surface area (Å²) in [5, 5.41) is 2.59. The molecule has 1 heterocycles. The Morgan fingerprint density at radius 1 is 1.07 bits per heavy atom. The Labute approximate surface area is 157 Å². The van der Waals surface area contributed by atoms with Gasteiger partial charge in [-0.05, 0) is 30.3 Å². The second-order valence-corrected chi connectivity index (χ2v) is 6.62. The first-order chi connectivity index (χ1) is 13.0. The normalized spacial score (nSPS) is 11.9. The molecule has 0 fully saturated rings. The van der Waals surface area contributed by atoms with Gasteiger partial charge < -0.3 is 19.5 Å². The third kappa shape index (κ3) is 5.33. The second-order valence-electron chi connectivity index (χ2n) is 5.45. The van der Waals surface area contributed by atoms with Gasteiger partial charge in [-0.2, -0.15) is 0 Å². The number of amides is 1. The van der Waals surface area contributed by atoms with E-state index in [1.54, 1.807) is 18.2 Å². The molecule has 1 N–H and O–H groups in total. The summed E-state index contributed by atoms with van der Waals surface area (Å²) >= 11 is 1.19. The van der Waals surface area contributed by atoms with Gasteiger partial charge in [0.1, 0.15) is 0 Å². The zero-order valence-corrected chi connectivity index (χ0v) is 14.8. The van der Waals surface area contributed by atoms with Gasteiger partial charge in [0.2, 0.25) is 6.79 Å². The molecule has 1 amide bonds. The topological polar surface area (TPSA) is 73.9 Å². The van der Waals surface area contributed by atoms with E-state index in [1.807, 2.05) is 0 Å². The van der Waals surface area contributed by atoms with E-state index >= 15 is 0 Å². The van der Waals surface area contributed by atoms with Crippen LogP contribution < -0.4 is 14.8 Å². The van der Waals surface area contributed by atoms with E-state index in [1.165, 1.54) is 17.8 Å². The van der Waals surface area contributed by atoms with Crippen LogP contribution in [0.2, 0.25) is 0 Å². The molecule has 0 aliphatic carbocycles. The van der Waals surface area contributed by atoms with Crippen molar-refractivity contribution in [2.24, 2.45) is 0 Å². The maximum atomic E-state index is 13.1. The molecule has 1 aliphatic rings. The van der Waals surface area contributed by atoms with E-state index in [0.29, 0.717) is 27.8 Å². The number of halogens is 2. The Balaban J connectivity index is 1.37. The molecule has 3 rings (SSSR count). The molecule has 0 unspecified atom stereocenters. The van der Waals surface area contributed by atoms with Crippen LogP contribution in [-0.2, 0) is 14.3 Å². The van der Waals surface area contributed by atoms with Gasteiger partial charge in [-0.3, -0.25) is 9.59 Å². The summed E-state index contributed by atoms with van der Waals surface area (Å²) in [7, 11) is 0. The molecule has 9 heteroatoms. The molecular weight excluding hydrogens is 380 g/mol. The molecular formula is C18H15F2NO5S. The van der Waals surface area contributed by atoms with E-state index in [-0.39, 0.29) is 13.2 Å². The number of anilines is 1. The lowest BCUT2D eigenvalue weighted by molar-refractivity contribution is -0.146. The number of esters is 1. The standard InChI is InChI=1S/C18H15F2NO5S/c19-13-3-2-12(8-14(13)20)27-6-5-18(23)24-9-17(22)21-11-1-4-15-16(7-11)26-10-25-15/h1-4,7-8H,5-6,9-10H2,(H,21,22). The summed E-state index contributed by atoms with van der Waals surface area (Å²) in [6.45, 7) is -0.296. The summed E-state index contributed by atoms with van der Waals surface area (Å²) in [5.74, 6) is -1.48. The highest BCUT2D eigenvalue weighted by molar-refractivity contribution is 7.99. The summed E-state index contributed by atoms with van der Waals surface area (Å²) in [4.78, 5) is 24.0. The van der Waals surface area contributed by atoms with E-state index in [9.17, 15) is 18.4 Å². The number of hydrogen-bond acceptors (Lipinski definition) is 6. The lowest BCUT2D eigenvalue weighted by Gasteiger charge is -2.07. The summed E-state index contributed by atoms with van der Waals surface area (Å²) < 4.78 is 41.2. The zero-order chi connectivity index (χ0) is 19.2. The third-order valence-corrected chi connectivity index (χ3v) is 4.48. The van der Waals surface area contributed by atoms with Gasteiger partial charge in [0, 0.05) is 22.4 Å². The molecule has 0 atom stereocenters. The average Bonchev–Trinajstić information content (AvgIpc) is 3.11. The van der Waals surface area contributed by atoms with Gasteiger partial charge >= 0.3 is 5.97 Å². The predicted molar refractivity (Wildman–Crippen MR) is 93.9 cm³/mol. The van der Waals surface area contributed by atoms with Crippen LogP contribution >= 0.6 is 11.8 Å². The summed E-state index contributed by atoms with van der Waals surface area (Å²) in [6.07, 6.45) is 0.0287. The SMILES string of the molecule is O=C(COC(=O)CCSc1ccc(F)c(F)c1)Nc1ccc2c(c1)OCO2. The Morgan fingerprint density at radius 3 is 2.70 bits per heavy atom. The third-order valence-electron chi connectivity index (χ3n) is 3.49. The van der Waals surface area contributed by atoms with Gasteiger partial charge in [-0.1, -0.05) is 0 Å². The van der Waals surface area contributed by atoms with Crippen LogP contribution in [0.5, 0.6) is 11.5 Å². The molecule has 0 saturated carbocycles. The highest BCUT2D eigenvalue weighted by Gasteiger charge is 2.15. The van der Waals surface area contributed by atoms with Crippen LogP contribution in [0.25, 0.3) is 0 Å². The highest BCUT2D eigenvalue weighted by atomic mass is 32.2. The first kappa shape index (κ1) is 19.0. The van der Waals surface area contributed by atoms with Crippen molar-refractivity contribution >= 4 is 29.3 Å². The number of carbonyl (C=O) groups is 2. The minimum Gasteiger partial charge on any atom is -0.456 e. The van der Waals surface area contributed by atoms with Gasteiger partial charge in [-0.15, -0.1) is 11.8 Å². The van der Waals surface area contributed by atoms with Crippen LogP contribution in [0.15, 0.2) is 41.3 Å². The minimum absolute atomic E-state index is 0.0287. The van der Waals surface area contributed by atoms with Crippen molar-refractivity contribution in [3.8, 4) is 11.5 Å². The van der Waals surface area contributed by atoms with E-state index in [0.717, 1.165) is 12.1 Å². The van der Waals surface area contributed by atoms with Gasteiger partial charge in [0.25, 0.3) is 5.91 Å². The van der Waals surface area contributed by atoms with Crippen molar-refractivity contribution in [1.82, 2.24) is 0 Å². The van der Waals surface area contributed by atoms with E-state index < -0.39 is 30.1 Å². The lowest BCUT2D eigenvalue weighted by atomic mass is 10.3. The van der Waals surface area contributed by atoms with Crippen LogP contribution in [-0.4, -0.2) is 31.0 Å². The monoisotopic (exact) mass is 395 g/mol. The van der Waals surface area contributed by atoms with E-state index in [4.69, 9.17) is 14.2 Å². The van der Waals surface area contributed by atoms with Crippen LogP contribution in [0.1, 0.15) is 6.42 Å². The lowest BCUT2D eigenvalue weighted by Crippen LogP contribution is -2.21. The molecule has 0 bridgehead atoms. The number of ether oxygens (including phenoxy) is 3. The quantitative estimate of drug-likeness (QED) is 0.573. The molecule has 2 aromatic rings. The van der Waals surface area contributed by atoms with E-state index in [2.05, 4.69) is 5.32 Å². The van der Waals surface area contributed by atoms with Gasteiger partial charge in [0.15, 0.2) is 29.7 Å². The number of thioether (sulfide) groups is 1. The fraction of sp³-hybridized carbons (Fsp3) is 0.222. The molecule has 0 saturated heterocycles. The Morgan fingerprint density at radius 2 is 1.89 bits per heavy atom. The number of fused-ring (bicyclic) bond motifs is 1. The molecule has 0 radical (unpaired) electrons. The summed E-state index contributed by atoms with van der Waals surface area (Å²) in [6, 6.07) is 8.43. The smallest absolute Gasteiger partial charge is 0.307 e. The molecule has 0 aromatic heterocycles. The average molecular weight is 395 g/mol. The molecule has 0 spiro atoms. The minimum atomic E-state index is -0.942. The number of rotatable bonds is 7. The fourth-order valence-electron chi connectivity index (χ4n) is 2.21. The van der Waals surface area contributed by atoms with Crippen LogP contribution in [0, 0.1) is 11.6 Å². The van der Waals surface area contributed by atoms with Crippen molar-refractivity contribution in [2.45, 2.75) is 11.3 Å². The molecule has 142 valence electrons. The van der Waals surface area contributed by atoms with Crippen LogP contribution in [0.3, 0.4) is 0 Å². The maximum Gasteiger partial charge on any atom is 0.307 e. The zero-order valence-electron chi connectivity index (χ0n) is 14.0. The number of nitrogens with one attached hydrogen (secondary N) is 1. The van der Waals surface area contributed by atoms with Gasteiger partial charge in [-0.25, -0.2) is 8.78 Å². The Bertz CT molecular complexity index is 862. The first-order valence-electron chi connectivity index (χ1n) is 7.94. The largest absolute Gasteiger partial charge is 0.456 e. The van der Waals surface area contributed by atoms with Crippen molar-refractivity contribution in [3.63, 3.8) is 0 Å². The Hall–Kier alpha value is -2.81. The van der Waals surface area contributed by atoms with Crippen molar-refractivity contribution in [3.05, 3.63) is 48.0 Å². The van der Waals surface area contributed by atoms with Crippen molar-refractivity contribution < 1.29 is 32.6 Å². The summed E-state index contributed by atoms with van der Waals surface area (Å²) in [5.41, 5.74) is 0.495. The number of benzene rings is 2.